The summed E-state index contributed by atoms with van der Waals surface area (Å²) in [5.74, 6) is 1.84. The van der Waals surface area contributed by atoms with Gasteiger partial charge in [-0.25, -0.2) is 0 Å². The lowest BCUT2D eigenvalue weighted by atomic mass is 9.91. The number of nitrogens with two attached hydrogens (primary N) is 1. The number of fused-ring (bicyclic) bond motifs is 1. The zero-order valence-electron chi connectivity index (χ0n) is 12.4. The summed E-state index contributed by atoms with van der Waals surface area (Å²) >= 11 is 0. The molecule has 0 radical (unpaired) electrons. The molecule has 1 aromatic carbocycles. The molecular weight excluding hydrogens is 248 g/mol. The molecule has 2 aliphatic rings. The van der Waals surface area contributed by atoms with Crippen LogP contribution in [0, 0.1) is 5.92 Å². The van der Waals surface area contributed by atoms with Crippen LogP contribution < -0.4 is 10.5 Å². The first-order chi connectivity index (χ1) is 9.79. The molecule has 0 spiro atoms. The second-order valence-electron chi connectivity index (χ2n) is 6.24. The molecule has 1 saturated carbocycles. The summed E-state index contributed by atoms with van der Waals surface area (Å²) in [4.78, 5) is 2.64. The predicted octanol–water partition coefficient (Wildman–Crippen LogP) is 2.96. The first kappa shape index (κ1) is 13.9. The Bertz CT molecular complexity index is 448. The summed E-state index contributed by atoms with van der Waals surface area (Å²) in [5, 5.41) is 0. The normalized spacial score (nSPS) is 28.1. The van der Waals surface area contributed by atoms with Gasteiger partial charge >= 0.3 is 0 Å². The zero-order chi connectivity index (χ0) is 13.9. The maximum Gasteiger partial charge on any atom is 0.123 e. The van der Waals surface area contributed by atoms with Gasteiger partial charge in [0.25, 0.3) is 0 Å². The predicted molar refractivity (Wildman–Crippen MR) is 81.9 cm³/mol. The molecule has 1 aromatic rings. The molecule has 0 bridgehead atoms. The second-order valence-corrected chi connectivity index (χ2v) is 6.24. The van der Waals surface area contributed by atoms with E-state index >= 15 is 0 Å². The summed E-state index contributed by atoms with van der Waals surface area (Å²) in [6.07, 6.45) is 6.94. The highest BCUT2D eigenvalue weighted by atomic mass is 16.5. The number of piperidine rings is 1. The number of hydrogen-bond acceptors (Lipinski definition) is 3. The SMILES string of the molecule is COc1ccccc1C(N)CN1CCCC2CCCC21. The van der Waals surface area contributed by atoms with Gasteiger partial charge in [-0.3, -0.25) is 4.90 Å². The Morgan fingerprint density at radius 3 is 2.90 bits per heavy atom. The minimum Gasteiger partial charge on any atom is -0.496 e. The van der Waals surface area contributed by atoms with E-state index in [1.807, 2.05) is 18.2 Å². The van der Waals surface area contributed by atoms with Crippen molar-refractivity contribution in [3.05, 3.63) is 29.8 Å². The van der Waals surface area contributed by atoms with E-state index in [4.69, 9.17) is 10.5 Å². The van der Waals surface area contributed by atoms with Crippen LogP contribution >= 0.6 is 0 Å². The van der Waals surface area contributed by atoms with E-state index in [0.29, 0.717) is 0 Å². The molecule has 2 N–H and O–H groups in total. The molecule has 1 aliphatic heterocycles. The molecule has 20 heavy (non-hydrogen) atoms. The summed E-state index contributed by atoms with van der Waals surface area (Å²) in [7, 11) is 1.72. The van der Waals surface area contributed by atoms with Gasteiger partial charge in [-0.1, -0.05) is 24.6 Å². The molecule has 2 fully saturated rings. The fourth-order valence-corrected chi connectivity index (χ4v) is 4.11. The molecule has 1 aliphatic carbocycles. The van der Waals surface area contributed by atoms with Gasteiger partial charge in [0.15, 0.2) is 0 Å². The fraction of sp³-hybridized carbons (Fsp3) is 0.647. The van der Waals surface area contributed by atoms with Crippen molar-refractivity contribution >= 4 is 0 Å². The van der Waals surface area contributed by atoms with E-state index in [1.165, 1.54) is 38.6 Å². The fourth-order valence-electron chi connectivity index (χ4n) is 4.11. The number of benzene rings is 1. The topological polar surface area (TPSA) is 38.5 Å². The maximum atomic E-state index is 6.46. The third kappa shape index (κ3) is 2.70. The van der Waals surface area contributed by atoms with Gasteiger partial charge in [-0.15, -0.1) is 0 Å². The molecular formula is C17H26N2O. The average molecular weight is 274 g/mol. The third-order valence-electron chi connectivity index (χ3n) is 5.08. The lowest BCUT2D eigenvalue weighted by Crippen LogP contribution is -2.45. The first-order valence-corrected chi connectivity index (χ1v) is 7.92. The Morgan fingerprint density at radius 1 is 1.25 bits per heavy atom. The summed E-state index contributed by atoms with van der Waals surface area (Å²) in [5.41, 5.74) is 7.60. The Balaban J connectivity index is 1.70. The van der Waals surface area contributed by atoms with Crippen molar-refractivity contribution in [1.29, 1.82) is 0 Å². The van der Waals surface area contributed by atoms with Crippen LogP contribution in [0.5, 0.6) is 5.75 Å². The van der Waals surface area contributed by atoms with Crippen LogP contribution in [-0.2, 0) is 0 Å². The van der Waals surface area contributed by atoms with Crippen LogP contribution in [0.3, 0.4) is 0 Å². The van der Waals surface area contributed by atoms with Crippen molar-refractivity contribution in [2.75, 3.05) is 20.2 Å². The highest BCUT2D eigenvalue weighted by Gasteiger charge is 2.35. The standard InChI is InChI=1S/C17H26N2O/c1-20-17-10-3-2-8-14(17)15(18)12-19-11-5-7-13-6-4-9-16(13)19/h2-3,8,10,13,15-16H,4-7,9,11-12,18H2,1H3. The zero-order valence-corrected chi connectivity index (χ0v) is 12.4. The average Bonchev–Trinajstić information content (AvgIpc) is 2.96. The number of para-hydroxylation sites is 1. The van der Waals surface area contributed by atoms with Gasteiger partial charge in [-0.2, -0.15) is 0 Å². The minimum atomic E-state index is 0.0468. The number of methoxy groups -OCH3 is 1. The molecule has 3 heteroatoms. The van der Waals surface area contributed by atoms with Gasteiger partial charge in [0.1, 0.15) is 5.75 Å². The van der Waals surface area contributed by atoms with Crippen LogP contribution in [0.25, 0.3) is 0 Å². The van der Waals surface area contributed by atoms with Crippen LogP contribution in [0.4, 0.5) is 0 Å². The maximum absolute atomic E-state index is 6.46. The molecule has 110 valence electrons. The largest absolute Gasteiger partial charge is 0.496 e. The third-order valence-corrected chi connectivity index (χ3v) is 5.08. The van der Waals surface area contributed by atoms with Gasteiger partial charge < -0.3 is 10.5 Å². The Labute approximate surface area is 122 Å². The van der Waals surface area contributed by atoms with Crippen molar-refractivity contribution in [1.82, 2.24) is 4.90 Å². The second kappa shape index (κ2) is 6.15. The number of hydrogen-bond donors (Lipinski definition) is 1. The van der Waals surface area contributed by atoms with Gasteiger partial charge in [0, 0.05) is 24.2 Å². The van der Waals surface area contributed by atoms with Gasteiger partial charge in [0.05, 0.1) is 7.11 Å². The minimum absolute atomic E-state index is 0.0468. The lowest BCUT2D eigenvalue weighted by molar-refractivity contribution is 0.106. The van der Waals surface area contributed by atoms with E-state index in [1.54, 1.807) is 7.11 Å². The lowest BCUT2D eigenvalue weighted by Gasteiger charge is -2.39. The number of rotatable bonds is 4. The van der Waals surface area contributed by atoms with E-state index in [9.17, 15) is 0 Å². The van der Waals surface area contributed by atoms with Crippen molar-refractivity contribution in [3.63, 3.8) is 0 Å². The number of likely N-dealkylation sites (tertiary alicyclic amines) is 1. The first-order valence-electron chi connectivity index (χ1n) is 7.92. The summed E-state index contributed by atoms with van der Waals surface area (Å²) in [6, 6.07) is 8.98. The molecule has 3 unspecified atom stereocenters. The van der Waals surface area contributed by atoms with Crippen LogP contribution in [0.1, 0.15) is 43.7 Å². The quantitative estimate of drug-likeness (QED) is 0.917. The molecule has 1 heterocycles. The highest BCUT2D eigenvalue weighted by molar-refractivity contribution is 5.35. The molecule has 3 nitrogen and oxygen atoms in total. The molecule has 0 aromatic heterocycles. The molecule has 3 rings (SSSR count). The van der Waals surface area contributed by atoms with Gasteiger partial charge in [0.2, 0.25) is 0 Å². The Hall–Kier alpha value is -1.06. The van der Waals surface area contributed by atoms with Crippen LogP contribution in [-0.4, -0.2) is 31.1 Å². The van der Waals surface area contributed by atoms with E-state index in [2.05, 4.69) is 11.0 Å². The van der Waals surface area contributed by atoms with Crippen molar-refractivity contribution in [3.8, 4) is 5.75 Å². The Kier molecular flexibility index (Phi) is 4.27. The summed E-state index contributed by atoms with van der Waals surface area (Å²) < 4.78 is 5.44. The molecule has 1 saturated heterocycles. The Morgan fingerprint density at radius 2 is 2.05 bits per heavy atom. The van der Waals surface area contributed by atoms with Crippen LogP contribution in [0.2, 0.25) is 0 Å². The van der Waals surface area contributed by atoms with E-state index < -0.39 is 0 Å². The van der Waals surface area contributed by atoms with Crippen LogP contribution in [0.15, 0.2) is 24.3 Å². The smallest absolute Gasteiger partial charge is 0.123 e. The van der Waals surface area contributed by atoms with Crippen molar-refractivity contribution in [2.24, 2.45) is 11.7 Å². The molecule has 0 amide bonds. The molecule has 3 atom stereocenters. The monoisotopic (exact) mass is 274 g/mol. The summed E-state index contributed by atoms with van der Waals surface area (Å²) in [6.45, 7) is 2.17. The number of nitrogens with zero attached hydrogens (tertiary/aromatic N) is 1. The van der Waals surface area contributed by atoms with Gasteiger partial charge in [-0.05, 0) is 44.2 Å². The van der Waals surface area contributed by atoms with Crippen molar-refractivity contribution in [2.45, 2.75) is 44.2 Å². The van der Waals surface area contributed by atoms with E-state index in [-0.39, 0.29) is 6.04 Å². The number of ether oxygens (including phenoxy) is 1. The highest BCUT2D eigenvalue weighted by Crippen LogP contribution is 2.37. The van der Waals surface area contributed by atoms with Crippen molar-refractivity contribution < 1.29 is 4.74 Å². The van der Waals surface area contributed by atoms with E-state index in [0.717, 1.165) is 29.8 Å².